The van der Waals surface area contributed by atoms with Crippen molar-refractivity contribution in [2.75, 3.05) is 19.8 Å². The molecule has 0 aromatic carbocycles. The SMILES string of the molecule is CCC1COCCN1C(=O)C1(N)CCCC1. The number of amides is 1. The summed E-state index contributed by atoms with van der Waals surface area (Å²) in [7, 11) is 0. The monoisotopic (exact) mass is 226 g/mol. The van der Waals surface area contributed by atoms with Crippen molar-refractivity contribution in [1.29, 1.82) is 0 Å². The Bertz CT molecular complexity index is 262. The van der Waals surface area contributed by atoms with E-state index in [1.807, 2.05) is 4.90 Å². The first-order chi connectivity index (χ1) is 7.67. The number of ether oxygens (including phenoxy) is 1. The van der Waals surface area contributed by atoms with Crippen LogP contribution in [-0.2, 0) is 9.53 Å². The van der Waals surface area contributed by atoms with Gasteiger partial charge in [0, 0.05) is 6.54 Å². The minimum absolute atomic E-state index is 0.153. The molecular weight excluding hydrogens is 204 g/mol. The van der Waals surface area contributed by atoms with Crippen LogP contribution in [0, 0.1) is 0 Å². The molecule has 1 aliphatic carbocycles. The summed E-state index contributed by atoms with van der Waals surface area (Å²) in [5, 5.41) is 0. The molecule has 0 aromatic heterocycles. The molecule has 2 aliphatic rings. The molecule has 0 aromatic rings. The maximum atomic E-state index is 12.4. The third-order valence-corrected chi connectivity index (χ3v) is 3.88. The zero-order valence-electron chi connectivity index (χ0n) is 10.1. The van der Waals surface area contributed by atoms with Crippen LogP contribution in [0.1, 0.15) is 39.0 Å². The summed E-state index contributed by atoms with van der Waals surface area (Å²) in [6, 6.07) is 0.224. The van der Waals surface area contributed by atoms with Crippen LogP contribution >= 0.6 is 0 Å². The van der Waals surface area contributed by atoms with Crippen molar-refractivity contribution >= 4 is 5.91 Å². The second-order valence-electron chi connectivity index (χ2n) is 5.00. The molecule has 4 nitrogen and oxygen atoms in total. The van der Waals surface area contributed by atoms with Gasteiger partial charge in [-0.25, -0.2) is 0 Å². The molecule has 2 fully saturated rings. The first kappa shape index (κ1) is 11.9. The standard InChI is InChI=1S/C12H22N2O2/c1-2-10-9-16-8-7-14(10)11(15)12(13)5-3-4-6-12/h10H,2-9,13H2,1H3. The number of rotatable bonds is 2. The van der Waals surface area contributed by atoms with Crippen LogP contribution in [0.4, 0.5) is 0 Å². The molecule has 1 saturated heterocycles. The number of nitrogens with two attached hydrogens (primary N) is 1. The number of morpholine rings is 1. The van der Waals surface area contributed by atoms with E-state index in [-0.39, 0.29) is 11.9 Å². The smallest absolute Gasteiger partial charge is 0.243 e. The van der Waals surface area contributed by atoms with Crippen molar-refractivity contribution in [1.82, 2.24) is 4.90 Å². The molecule has 4 heteroatoms. The summed E-state index contributed by atoms with van der Waals surface area (Å²) in [5.41, 5.74) is 5.64. The molecular formula is C12H22N2O2. The predicted molar refractivity (Wildman–Crippen MR) is 62.0 cm³/mol. The van der Waals surface area contributed by atoms with Crippen molar-refractivity contribution in [2.45, 2.75) is 50.6 Å². The zero-order chi connectivity index (χ0) is 11.6. The lowest BCUT2D eigenvalue weighted by molar-refractivity contribution is -0.145. The van der Waals surface area contributed by atoms with Gasteiger partial charge in [-0.15, -0.1) is 0 Å². The van der Waals surface area contributed by atoms with E-state index >= 15 is 0 Å². The fourth-order valence-corrected chi connectivity index (χ4v) is 2.77. The lowest BCUT2D eigenvalue weighted by Gasteiger charge is -2.39. The summed E-state index contributed by atoms with van der Waals surface area (Å²) < 4.78 is 5.41. The maximum Gasteiger partial charge on any atom is 0.243 e. The van der Waals surface area contributed by atoms with E-state index in [9.17, 15) is 4.79 Å². The molecule has 1 amide bonds. The molecule has 92 valence electrons. The molecule has 16 heavy (non-hydrogen) atoms. The van der Waals surface area contributed by atoms with Gasteiger partial charge in [-0.05, 0) is 19.3 Å². The summed E-state index contributed by atoms with van der Waals surface area (Å²) >= 11 is 0. The first-order valence-corrected chi connectivity index (χ1v) is 6.35. The average molecular weight is 226 g/mol. The number of nitrogens with zero attached hydrogens (tertiary/aromatic N) is 1. The quantitative estimate of drug-likeness (QED) is 0.761. The second-order valence-corrected chi connectivity index (χ2v) is 5.00. The van der Waals surface area contributed by atoms with E-state index < -0.39 is 5.54 Å². The largest absolute Gasteiger partial charge is 0.377 e. The van der Waals surface area contributed by atoms with Crippen molar-refractivity contribution in [2.24, 2.45) is 5.73 Å². The Balaban J connectivity index is 2.07. The minimum atomic E-state index is -0.579. The van der Waals surface area contributed by atoms with Crippen LogP contribution in [0.25, 0.3) is 0 Å². The Kier molecular flexibility index (Phi) is 3.50. The van der Waals surface area contributed by atoms with E-state index in [0.717, 1.165) is 32.1 Å². The summed E-state index contributed by atoms with van der Waals surface area (Å²) in [5.74, 6) is 0.153. The van der Waals surface area contributed by atoms with E-state index in [2.05, 4.69) is 6.92 Å². The van der Waals surface area contributed by atoms with Gasteiger partial charge in [-0.1, -0.05) is 19.8 Å². The fourth-order valence-electron chi connectivity index (χ4n) is 2.77. The molecule has 1 heterocycles. The number of hydrogen-bond acceptors (Lipinski definition) is 3. The van der Waals surface area contributed by atoms with Gasteiger partial charge in [0.1, 0.15) is 0 Å². The number of carbonyl (C=O) groups is 1. The van der Waals surface area contributed by atoms with E-state index in [0.29, 0.717) is 19.8 Å². The molecule has 2 rings (SSSR count). The normalized spacial score (nSPS) is 29.4. The fraction of sp³-hybridized carbons (Fsp3) is 0.917. The van der Waals surface area contributed by atoms with Crippen molar-refractivity contribution in [3.8, 4) is 0 Å². The van der Waals surface area contributed by atoms with E-state index in [4.69, 9.17) is 10.5 Å². The molecule has 0 spiro atoms. The molecule has 1 unspecified atom stereocenters. The molecule has 1 atom stereocenters. The van der Waals surface area contributed by atoms with Crippen LogP contribution in [0.15, 0.2) is 0 Å². The Morgan fingerprint density at radius 2 is 2.19 bits per heavy atom. The first-order valence-electron chi connectivity index (χ1n) is 6.35. The highest BCUT2D eigenvalue weighted by atomic mass is 16.5. The van der Waals surface area contributed by atoms with Gasteiger partial charge < -0.3 is 15.4 Å². The third kappa shape index (κ3) is 2.09. The number of carbonyl (C=O) groups excluding carboxylic acids is 1. The number of hydrogen-bond donors (Lipinski definition) is 1. The van der Waals surface area contributed by atoms with Crippen molar-refractivity contribution < 1.29 is 9.53 Å². The maximum absolute atomic E-state index is 12.4. The van der Waals surface area contributed by atoms with Gasteiger partial charge in [-0.3, -0.25) is 4.79 Å². The van der Waals surface area contributed by atoms with Gasteiger partial charge in [0.2, 0.25) is 5.91 Å². The summed E-state index contributed by atoms with van der Waals surface area (Å²) in [6.07, 6.45) is 4.81. The van der Waals surface area contributed by atoms with Gasteiger partial charge in [0.15, 0.2) is 0 Å². The van der Waals surface area contributed by atoms with E-state index in [1.165, 1.54) is 0 Å². The van der Waals surface area contributed by atoms with Crippen LogP contribution in [0.3, 0.4) is 0 Å². The topological polar surface area (TPSA) is 55.6 Å². The van der Waals surface area contributed by atoms with Crippen molar-refractivity contribution in [3.63, 3.8) is 0 Å². The van der Waals surface area contributed by atoms with Gasteiger partial charge >= 0.3 is 0 Å². The molecule has 0 radical (unpaired) electrons. The Morgan fingerprint density at radius 3 is 2.81 bits per heavy atom. The van der Waals surface area contributed by atoms with Crippen LogP contribution < -0.4 is 5.73 Å². The van der Waals surface area contributed by atoms with Crippen LogP contribution in [0.5, 0.6) is 0 Å². The van der Waals surface area contributed by atoms with Crippen LogP contribution in [0.2, 0.25) is 0 Å². The second kappa shape index (κ2) is 4.72. The van der Waals surface area contributed by atoms with Gasteiger partial charge in [0.25, 0.3) is 0 Å². The van der Waals surface area contributed by atoms with Gasteiger partial charge in [-0.2, -0.15) is 0 Å². The lowest BCUT2D eigenvalue weighted by atomic mass is 9.95. The predicted octanol–water partition coefficient (Wildman–Crippen LogP) is 0.895. The van der Waals surface area contributed by atoms with Crippen molar-refractivity contribution in [3.05, 3.63) is 0 Å². The average Bonchev–Trinajstić information content (AvgIpc) is 2.76. The lowest BCUT2D eigenvalue weighted by Crippen LogP contribution is -2.59. The highest BCUT2D eigenvalue weighted by Gasteiger charge is 2.42. The molecule has 1 aliphatic heterocycles. The molecule has 2 N–H and O–H groups in total. The van der Waals surface area contributed by atoms with Crippen LogP contribution in [-0.4, -0.2) is 42.1 Å². The van der Waals surface area contributed by atoms with Gasteiger partial charge in [0.05, 0.1) is 24.8 Å². The third-order valence-electron chi connectivity index (χ3n) is 3.88. The summed E-state index contributed by atoms with van der Waals surface area (Å²) in [6.45, 7) is 4.12. The Morgan fingerprint density at radius 1 is 1.50 bits per heavy atom. The molecule has 0 bridgehead atoms. The Labute approximate surface area is 97.1 Å². The highest BCUT2D eigenvalue weighted by molar-refractivity contribution is 5.86. The van der Waals surface area contributed by atoms with E-state index in [1.54, 1.807) is 0 Å². The molecule has 1 saturated carbocycles. The summed E-state index contributed by atoms with van der Waals surface area (Å²) in [4.78, 5) is 14.4. The zero-order valence-corrected chi connectivity index (χ0v) is 10.1. The Hall–Kier alpha value is -0.610. The highest BCUT2D eigenvalue weighted by Crippen LogP contribution is 2.30. The minimum Gasteiger partial charge on any atom is -0.377 e.